The molecule has 27 heavy (non-hydrogen) atoms. The molecule has 0 spiro atoms. The van der Waals surface area contributed by atoms with Crippen molar-refractivity contribution in [1.29, 1.82) is 0 Å². The molecule has 0 aliphatic heterocycles. The van der Waals surface area contributed by atoms with Crippen molar-refractivity contribution < 1.29 is 18.7 Å². The van der Waals surface area contributed by atoms with Crippen molar-refractivity contribution in [1.82, 2.24) is 10.3 Å². The average molecular weight is 367 g/mol. The van der Waals surface area contributed by atoms with Gasteiger partial charge in [-0.05, 0) is 36.4 Å². The molecule has 2 aromatic carbocycles. The Balaban J connectivity index is 1.60. The van der Waals surface area contributed by atoms with E-state index in [-0.39, 0.29) is 24.3 Å². The Morgan fingerprint density at radius 2 is 2.00 bits per heavy atom. The first-order valence-corrected chi connectivity index (χ1v) is 8.59. The zero-order chi connectivity index (χ0) is 19.4. The molecule has 7 heteroatoms. The lowest BCUT2D eigenvalue weighted by atomic mass is 10.2. The molecule has 0 saturated heterocycles. The summed E-state index contributed by atoms with van der Waals surface area (Å²) in [6.07, 6.45) is 0. The Bertz CT molecular complexity index is 978. The third-order valence-corrected chi connectivity index (χ3v) is 3.92. The number of carbonyl (C=O) groups excluding carboxylic acids is 2. The summed E-state index contributed by atoms with van der Waals surface area (Å²) in [5, 5.41) is 5.33. The van der Waals surface area contributed by atoms with Gasteiger partial charge in [0.25, 0.3) is 5.91 Å². The quantitative estimate of drug-likeness (QED) is 0.697. The number of ether oxygens (including phenoxy) is 1. The van der Waals surface area contributed by atoms with Crippen LogP contribution in [0.4, 0.5) is 5.69 Å². The van der Waals surface area contributed by atoms with E-state index in [1.54, 1.807) is 42.5 Å². The van der Waals surface area contributed by atoms with Crippen molar-refractivity contribution in [2.45, 2.75) is 19.8 Å². The summed E-state index contributed by atoms with van der Waals surface area (Å²) in [7, 11) is 1.53. The van der Waals surface area contributed by atoms with Crippen LogP contribution in [0.5, 0.6) is 5.75 Å². The number of carbonyl (C=O) groups is 2. The van der Waals surface area contributed by atoms with E-state index in [0.29, 0.717) is 34.0 Å². The van der Waals surface area contributed by atoms with E-state index in [4.69, 9.17) is 9.15 Å². The number of anilines is 1. The van der Waals surface area contributed by atoms with Gasteiger partial charge in [-0.2, -0.15) is 0 Å². The molecule has 0 unspecified atom stereocenters. The maximum absolute atomic E-state index is 12.1. The van der Waals surface area contributed by atoms with E-state index in [1.165, 1.54) is 7.11 Å². The second-order valence-corrected chi connectivity index (χ2v) is 6.35. The van der Waals surface area contributed by atoms with Crippen molar-refractivity contribution in [3.05, 3.63) is 53.9 Å². The normalized spacial score (nSPS) is 10.8. The fourth-order valence-electron chi connectivity index (χ4n) is 2.50. The van der Waals surface area contributed by atoms with Crippen LogP contribution in [0.2, 0.25) is 0 Å². The topological polar surface area (TPSA) is 93.5 Å². The van der Waals surface area contributed by atoms with E-state index in [9.17, 15) is 9.59 Å². The van der Waals surface area contributed by atoms with Crippen LogP contribution in [-0.4, -0.2) is 30.5 Å². The zero-order valence-corrected chi connectivity index (χ0v) is 15.4. The van der Waals surface area contributed by atoms with E-state index in [1.807, 2.05) is 13.8 Å². The molecule has 1 heterocycles. The predicted octanol–water partition coefficient (Wildman–Crippen LogP) is 3.33. The molecule has 3 aromatic rings. The van der Waals surface area contributed by atoms with E-state index < -0.39 is 0 Å². The van der Waals surface area contributed by atoms with E-state index in [0.717, 1.165) is 0 Å². The first kappa shape index (κ1) is 18.4. The van der Waals surface area contributed by atoms with Crippen LogP contribution in [0.3, 0.4) is 0 Å². The van der Waals surface area contributed by atoms with Crippen LogP contribution in [0.1, 0.15) is 36.0 Å². The number of rotatable bonds is 6. The molecule has 7 nitrogen and oxygen atoms in total. The van der Waals surface area contributed by atoms with Crippen LogP contribution in [0.25, 0.3) is 11.1 Å². The number of aromatic nitrogens is 1. The SMILES string of the molecule is COc1cccc(C(=O)NCC(=O)Nc2ccc3oc(C(C)C)nc3c2)c1. The molecule has 140 valence electrons. The second kappa shape index (κ2) is 7.90. The molecule has 0 saturated carbocycles. The summed E-state index contributed by atoms with van der Waals surface area (Å²) >= 11 is 0. The molecule has 0 radical (unpaired) electrons. The van der Waals surface area contributed by atoms with Gasteiger partial charge in [0.1, 0.15) is 11.3 Å². The first-order chi connectivity index (χ1) is 13.0. The second-order valence-electron chi connectivity index (χ2n) is 6.35. The van der Waals surface area contributed by atoms with Crippen LogP contribution in [-0.2, 0) is 4.79 Å². The number of hydrogen-bond donors (Lipinski definition) is 2. The van der Waals surface area contributed by atoms with Gasteiger partial charge in [-0.1, -0.05) is 19.9 Å². The third kappa shape index (κ3) is 4.44. The maximum Gasteiger partial charge on any atom is 0.251 e. The highest BCUT2D eigenvalue weighted by molar-refractivity contribution is 6.00. The Kier molecular flexibility index (Phi) is 5.40. The molecule has 2 amide bonds. The van der Waals surface area contributed by atoms with Gasteiger partial charge >= 0.3 is 0 Å². The standard InChI is InChI=1S/C20H21N3O4/c1-12(2)20-23-16-10-14(7-8-17(16)27-20)22-18(24)11-21-19(25)13-5-4-6-15(9-13)26-3/h4-10,12H,11H2,1-3H3,(H,21,25)(H,22,24). The molecule has 0 aliphatic carbocycles. The highest BCUT2D eigenvalue weighted by Crippen LogP contribution is 2.23. The van der Waals surface area contributed by atoms with Gasteiger partial charge in [0.05, 0.1) is 13.7 Å². The van der Waals surface area contributed by atoms with Gasteiger partial charge in [-0.25, -0.2) is 4.98 Å². The molecule has 3 rings (SSSR count). The van der Waals surface area contributed by atoms with Crippen LogP contribution < -0.4 is 15.4 Å². The smallest absolute Gasteiger partial charge is 0.251 e. The molecule has 0 atom stereocenters. The fourth-order valence-corrected chi connectivity index (χ4v) is 2.50. The highest BCUT2D eigenvalue weighted by atomic mass is 16.5. The third-order valence-electron chi connectivity index (χ3n) is 3.92. The van der Waals surface area contributed by atoms with Gasteiger partial charge in [0.15, 0.2) is 11.5 Å². The summed E-state index contributed by atoms with van der Waals surface area (Å²) in [6.45, 7) is 3.85. The van der Waals surface area contributed by atoms with Crippen LogP contribution in [0.15, 0.2) is 46.9 Å². The summed E-state index contributed by atoms with van der Waals surface area (Å²) in [5.41, 5.74) is 2.36. The number of nitrogens with one attached hydrogen (secondary N) is 2. The number of amides is 2. The summed E-state index contributed by atoms with van der Waals surface area (Å²) < 4.78 is 10.7. The fraction of sp³-hybridized carbons (Fsp3) is 0.250. The largest absolute Gasteiger partial charge is 0.497 e. The number of oxazole rings is 1. The van der Waals surface area contributed by atoms with Crippen molar-refractivity contribution in [3.8, 4) is 5.75 Å². The minimum Gasteiger partial charge on any atom is -0.497 e. The molecule has 1 aromatic heterocycles. The summed E-state index contributed by atoms with van der Waals surface area (Å²) in [4.78, 5) is 28.7. The number of hydrogen-bond acceptors (Lipinski definition) is 5. The molecular weight excluding hydrogens is 346 g/mol. The lowest BCUT2D eigenvalue weighted by Crippen LogP contribution is -2.32. The Labute approximate surface area is 156 Å². The Hall–Kier alpha value is -3.35. The minimum absolute atomic E-state index is 0.149. The number of nitrogens with zero attached hydrogens (tertiary/aromatic N) is 1. The van der Waals surface area contributed by atoms with Gasteiger partial charge in [0, 0.05) is 17.2 Å². The summed E-state index contributed by atoms with van der Waals surface area (Å²) in [6, 6.07) is 12.0. The van der Waals surface area contributed by atoms with E-state index in [2.05, 4.69) is 15.6 Å². The Morgan fingerprint density at radius 3 is 2.74 bits per heavy atom. The van der Waals surface area contributed by atoms with Crippen LogP contribution >= 0.6 is 0 Å². The van der Waals surface area contributed by atoms with Crippen molar-refractivity contribution in [2.24, 2.45) is 0 Å². The molecule has 0 bridgehead atoms. The van der Waals surface area contributed by atoms with Gasteiger partial charge in [0.2, 0.25) is 5.91 Å². The van der Waals surface area contributed by atoms with Crippen LogP contribution in [0, 0.1) is 0 Å². The monoisotopic (exact) mass is 367 g/mol. The molecular formula is C20H21N3O4. The molecule has 0 aliphatic rings. The minimum atomic E-state index is -0.349. The van der Waals surface area contributed by atoms with Crippen molar-refractivity contribution in [2.75, 3.05) is 19.0 Å². The number of fused-ring (bicyclic) bond motifs is 1. The number of benzene rings is 2. The zero-order valence-electron chi connectivity index (χ0n) is 15.4. The van der Waals surface area contributed by atoms with Gasteiger partial charge < -0.3 is 19.8 Å². The first-order valence-electron chi connectivity index (χ1n) is 8.59. The molecule has 0 fully saturated rings. The van der Waals surface area contributed by atoms with Gasteiger partial charge in [-0.15, -0.1) is 0 Å². The predicted molar refractivity (Wildman–Crippen MR) is 102 cm³/mol. The average Bonchev–Trinajstić information content (AvgIpc) is 3.10. The van der Waals surface area contributed by atoms with Crippen molar-refractivity contribution in [3.63, 3.8) is 0 Å². The lowest BCUT2D eigenvalue weighted by molar-refractivity contribution is -0.115. The highest BCUT2D eigenvalue weighted by Gasteiger charge is 2.12. The lowest BCUT2D eigenvalue weighted by Gasteiger charge is -2.08. The Morgan fingerprint density at radius 1 is 1.19 bits per heavy atom. The summed E-state index contributed by atoms with van der Waals surface area (Å²) in [5.74, 6) is 0.728. The van der Waals surface area contributed by atoms with Gasteiger partial charge in [-0.3, -0.25) is 9.59 Å². The molecule has 2 N–H and O–H groups in total. The van der Waals surface area contributed by atoms with Crippen molar-refractivity contribution >= 4 is 28.6 Å². The number of methoxy groups -OCH3 is 1. The van der Waals surface area contributed by atoms with E-state index >= 15 is 0 Å². The maximum atomic E-state index is 12.1.